The van der Waals surface area contributed by atoms with Gasteiger partial charge in [0.2, 0.25) is 0 Å². The Bertz CT molecular complexity index is 221. The van der Waals surface area contributed by atoms with Crippen LogP contribution in [0.1, 0.15) is 44.9 Å². The molecule has 0 radical (unpaired) electrons. The minimum absolute atomic E-state index is 0.961. The van der Waals surface area contributed by atoms with Gasteiger partial charge in [-0.3, -0.25) is 0 Å². The molecule has 0 heteroatoms. The Morgan fingerprint density at radius 1 is 1.18 bits per heavy atom. The van der Waals surface area contributed by atoms with E-state index in [4.69, 9.17) is 0 Å². The topological polar surface area (TPSA) is 0 Å². The lowest BCUT2D eigenvalue weighted by Crippen LogP contribution is -2.32. The Hall–Kier alpha value is 0. The van der Waals surface area contributed by atoms with E-state index in [2.05, 4.69) is 0 Å². The molecule has 0 N–H and O–H groups in total. The quantitative estimate of drug-likeness (QED) is 0.495. The van der Waals surface area contributed by atoms with E-state index < -0.39 is 0 Å². The maximum atomic E-state index is 1.65. The molecule has 4 rings (SSSR count). The third-order valence-corrected chi connectivity index (χ3v) is 5.54. The Kier molecular flexibility index (Phi) is 0.661. The monoisotopic (exact) mass is 148 g/mol. The molecule has 0 heterocycles. The molecule has 0 saturated heterocycles. The maximum Gasteiger partial charge on any atom is -0.0204 e. The fraction of sp³-hybridized carbons (Fsp3) is 1.00. The smallest absolute Gasteiger partial charge is 0.0204 e. The molecule has 4 fully saturated rings. The van der Waals surface area contributed by atoms with Crippen molar-refractivity contribution in [2.75, 3.05) is 0 Å². The zero-order valence-corrected chi connectivity index (χ0v) is 7.10. The normalized spacial score (nSPS) is 69.8. The Morgan fingerprint density at radius 2 is 2.18 bits per heavy atom. The molecule has 0 aromatic carbocycles. The first-order valence-corrected chi connectivity index (χ1v) is 5.35. The summed E-state index contributed by atoms with van der Waals surface area (Å²) in [7, 11) is 0. The number of fused-ring (bicyclic) bond motifs is 1. The fourth-order valence-electron chi connectivity index (χ4n) is 5.10. The average molecular weight is 148 g/mol. The van der Waals surface area contributed by atoms with Crippen LogP contribution in [0.4, 0.5) is 0 Å². The molecule has 0 aliphatic heterocycles. The predicted molar refractivity (Wildman–Crippen MR) is 44.2 cm³/mol. The summed E-state index contributed by atoms with van der Waals surface area (Å²) in [6, 6.07) is 0. The molecule has 0 amide bonds. The van der Waals surface area contributed by atoms with Crippen LogP contribution in [0.3, 0.4) is 0 Å². The lowest BCUT2D eigenvalue weighted by atomic mass is 9.65. The summed E-state index contributed by atoms with van der Waals surface area (Å²) >= 11 is 0. The first kappa shape index (κ1) is 5.61. The van der Waals surface area contributed by atoms with E-state index in [9.17, 15) is 0 Å². The van der Waals surface area contributed by atoms with Gasteiger partial charge in [0, 0.05) is 0 Å². The summed E-state index contributed by atoms with van der Waals surface area (Å²) in [5, 5.41) is 0. The van der Waals surface area contributed by atoms with Crippen LogP contribution < -0.4 is 0 Å². The molecule has 4 aliphatic rings. The molecule has 4 aliphatic carbocycles. The molecule has 11 heavy (non-hydrogen) atoms. The van der Waals surface area contributed by atoms with Crippen molar-refractivity contribution in [2.24, 2.45) is 22.7 Å². The summed E-state index contributed by atoms with van der Waals surface area (Å²) in [5.74, 6) is 2.39. The largest absolute Gasteiger partial charge is 0.0525 e. The Labute approximate surface area is 68.4 Å². The zero-order valence-electron chi connectivity index (χ0n) is 7.10. The fourth-order valence-corrected chi connectivity index (χ4v) is 5.10. The lowest BCUT2D eigenvalue weighted by molar-refractivity contribution is 0.0927. The second kappa shape index (κ2) is 1.30. The number of hydrogen-bond acceptors (Lipinski definition) is 0. The van der Waals surface area contributed by atoms with Crippen molar-refractivity contribution in [3.05, 3.63) is 0 Å². The molecular formula is C11H16. The molecule has 1 spiro atoms. The van der Waals surface area contributed by atoms with E-state index in [1.54, 1.807) is 44.9 Å². The molecular weight excluding hydrogens is 132 g/mol. The highest BCUT2D eigenvalue weighted by molar-refractivity contribution is 5.29. The van der Waals surface area contributed by atoms with Gasteiger partial charge in [-0.05, 0) is 54.8 Å². The van der Waals surface area contributed by atoms with Crippen molar-refractivity contribution in [3.63, 3.8) is 0 Å². The molecule has 2 unspecified atom stereocenters. The van der Waals surface area contributed by atoms with Gasteiger partial charge in [0.15, 0.2) is 0 Å². The van der Waals surface area contributed by atoms with Crippen LogP contribution in [-0.4, -0.2) is 0 Å². The SMILES string of the molecule is C1C[C@H]2C[C@H]3CC4(C1)CC34C2. The average Bonchev–Trinajstić information content (AvgIpc) is 2.16. The van der Waals surface area contributed by atoms with E-state index >= 15 is 0 Å². The summed E-state index contributed by atoms with van der Waals surface area (Å²) in [4.78, 5) is 0. The summed E-state index contributed by atoms with van der Waals surface area (Å²) in [6.45, 7) is 0. The molecule has 0 aromatic rings. The van der Waals surface area contributed by atoms with E-state index in [1.165, 1.54) is 11.8 Å². The van der Waals surface area contributed by atoms with E-state index in [0.717, 1.165) is 10.8 Å². The zero-order chi connectivity index (χ0) is 7.10. The first-order valence-electron chi connectivity index (χ1n) is 5.35. The van der Waals surface area contributed by atoms with Gasteiger partial charge in [-0.15, -0.1) is 0 Å². The van der Waals surface area contributed by atoms with Crippen LogP contribution in [-0.2, 0) is 0 Å². The maximum absolute atomic E-state index is 1.65. The summed E-state index contributed by atoms with van der Waals surface area (Å²) in [6.07, 6.45) is 11.3. The highest BCUT2D eigenvalue weighted by atomic mass is 14.8. The molecule has 4 atom stereocenters. The van der Waals surface area contributed by atoms with Gasteiger partial charge in [-0.1, -0.05) is 12.8 Å². The molecule has 2 bridgehead atoms. The van der Waals surface area contributed by atoms with Gasteiger partial charge >= 0.3 is 0 Å². The van der Waals surface area contributed by atoms with Gasteiger partial charge in [-0.25, -0.2) is 0 Å². The summed E-state index contributed by atoms with van der Waals surface area (Å²) < 4.78 is 0. The Morgan fingerprint density at radius 3 is 3.18 bits per heavy atom. The van der Waals surface area contributed by atoms with E-state index in [0.29, 0.717) is 0 Å². The predicted octanol–water partition coefficient (Wildman–Crippen LogP) is 2.98. The van der Waals surface area contributed by atoms with Crippen molar-refractivity contribution in [3.8, 4) is 0 Å². The highest BCUT2D eigenvalue weighted by Gasteiger charge is 2.80. The van der Waals surface area contributed by atoms with Gasteiger partial charge in [0.1, 0.15) is 0 Å². The van der Waals surface area contributed by atoms with Crippen molar-refractivity contribution in [1.82, 2.24) is 0 Å². The van der Waals surface area contributed by atoms with Crippen molar-refractivity contribution in [2.45, 2.75) is 44.9 Å². The summed E-state index contributed by atoms with van der Waals surface area (Å²) in [5.41, 5.74) is 1.94. The van der Waals surface area contributed by atoms with E-state index in [-0.39, 0.29) is 0 Å². The van der Waals surface area contributed by atoms with Gasteiger partial charge in [0.05, 0.1) is 0 Å². The van der Waals surface area contributed by atoms with Crippen LogP contribution >= 0.6 is 0 Å². The second-order valence-electron chi connectivity index (χ2n) is 5.71. The van der Waals surface area contributed by atoms with Crippen LogP contribution in [0, 0.1) is 22.7 Å². The number of rotatable bonds is 0. The minimum Gasteiger partial charge on any atom is -0.0525 e. The van der Waals surface area contributed by atoms with Crippen LogP contribution in [0.25, 0.3) is 0 Å². The molecule has 0 aromatic heterocycles. The lowest BCUT2D eigenvalue weighted by Gasteiger charge is -2.40. The highest BCUT2D eigenvalue weighted by Crippen LogP contribution is 2.89. The van der Waals surface area contributed by atoms with Crippen LogP contribution in [0.5, 0.6) is 0 Å². The van der Waals surface area contributed by atoms with Crippen LogP contribution in [0.2, 0.25) is 0 Å². The van der Waals surface area contributed by atoms with Gasteiger partial charge in [0.25, 0.3) is 0 Å². The molecule has 60 valence electrons. The third-order valence-electron chi connectivity index (χ3n) is 5.54. The van der Waals surface area contributed by atoms with Gasteiger partial charge in [-0.2, -0.15) is 0 Å². The molecule has 4 saturated carbocycles. The third kappa shape index (κ3) is 0.400. The van der Waals surface area contributed by atoms with E-state index in [1.807, 2.05) is 0 Å². The van der Waals surface area contributed by atoms with Crippen molar-refractivity contribution in [1.29, 1.82) is 0 Å². The Balaban J connectivity index is 1.85. The minimum atomic E-state index is 0.961. The standard InChI is InChI=1S/C11H16/c1-2-8-4-9-6-10(3-1)7-11(9,10)5-8/h8-9H,1-7H2/t8-,9-,10?,11?/m0/s1. The number of hydrogen-bond donors (Lipinski definition) is 0. The van der Waals surface area contributed by atoms with Gasteiger partial charge < -0.3 is 0 Å². The molecule has 0 nitrogen and oxygen atoms in total. The van der Waals surface area contributed by atoms with Crippen molar-refractivity contribution < 1.29 is 0 Å². The van der Waals surface area contributed by atoms with Crippen LogP contribution in [0.15, 0.2) is 0 Å². The second-order valence-corrected chi connectivity index (χ2v) is 5.71. The first-order chi connectivity index (χ1) is 5.35. The van der Waals surface area contributed by atoms with Crippen molar-refractivity contribution >= 4 is 0 Å².